The van der Waals surface area contributed by atoms with Gasteiger partial charge in [-0.05, 0) is 58.1 Å². The minimum atomic E-state index is -0.420. The average Bonchev–Trinajstić information content (AvgIpc) is 2.88. The molecule has 1 N–H and O–H groups in total. The van der Waals surface area contributed by atoms with Crippen molar-refractivity contribution in [1.82, 2.24) is 10.2 Å². The summed E-state index contributed by atoms with van der Waals surface area (Å²) < 4.78 is 5.44. The van der Waals surface area contributed by atoms with Crippen LogP contribution in [0.15, 0.2) is 18.2 Å². The number of benzene rings is 1. The van der Waals surface area contributed by atoms with Crippen LogP contribution < -0.4 is 5.32 Å². The highest BCUT2D eigenvalue weighted by Gasteiger charge is 2.29. The smallest absolute Gasteiger partial charge is 0.410 e. The lowest BCUT2D eigenvalue weighted by Gasteiger charge is -2.24. The van der Waals surface area contributed by atoms with E-state index in [0.717, 1.165) is 32.6 Å². The van der Waals surface area contributed by atoms with Crippen molar-refractivity contribution in [2.75, 3.05) is 19.6 Å². The molecular weight excluding hydrogens is 288 g/mol. The maximum absolute atomic E-state index is 12.1. The molecule has 0 bridgehead atoms. The molecule has 2 rings (SSSR count). The zero-order valence-electron chi connectivity index (χ0n) is 15.1. The van der Waals surface area contributed by atoms with Gasteiger partial charge in [-0.15, -0.1) is 0 Å². The van der Waals surface area contributed by atoms with Gasteiger partial charge in [0.25, 0.3) is 0 Å². The van der Waals surface area contributed by atoms with Crippen LogP contribution in [0.1, 0.15) is 43.9 Å². The molecule has 1 fully saturated rings. The molecule has 1 aromatic rings. The molecule has 1 saturated heterocycles. The Labute approximate surface area is 140 Å². The number of aryl methyl sites for hydroxylation is 2. The fourth-order valence-corrected chi connectivity index (χ4v) is 2.95. The number of hydrogen-bond donors (Lipinski definition) is 1. The van der Waals surface area contributed by atoms with Crippen LogP contribution in [0.5, 0.6) is 0 Å². The first kappa shape index (κ1) is 17.8. The molecule has 1 aliphatic heterocycles. The van der Waals surface area contributed by atoms with Crippen LogP contribution in [0.2, 0.25) is 0 Å². The minimum absolute atomic E-state index is 0.186. The third-order valence-corrected chi connectivity index (χ3v) is 4.18. The van der Waals surface area contributed by atoms with Crippen molar-refractivity contribution >= 4 is 6.09 Å². The van der Waals surface area contributed by atoms with Gasteiger partial charge >= 0.3 is 6.09 Å². The summed E-state index contributed by atoms with van der Waals surface area (Å²) in [5.74, 6) is 0.508. The SMILES string of the molecule is Cc1ccc(CNCC2CCN(C(=O)OC(C)(C)C)C2)c(C)c1. The molecule has 0 aliphatic carbocycles. The minimum Gasteiger partial charge on any atom is -0.444 e. The summed E-state index contributed by atoms with van der Waals surface area (Å²) in [7, 11) is 0. The summed E-state index contributed by atoms with van der Waals surface area (Å²) in [6, 6.07) is 6.57. The molecular formula is C19H30N2O2. The molecule has 128 valence electrons. The topological polar surface area (TPSA) is 41.6 Å². The summed E-state index contributed by atoms with van der Waals surface area (Å²) in [6.45, 7) is 13.4. The first-order valence-electron chi connectivity index (χ1n) is 8.49. The molecule has 4 nitrogen and oxygen atoms in total. The lowest BCUT2D eigenvalue weighted by Crippen LogP contribution is -2.36. The van der Waals surface area contributed by atoms with Gasteiger partial charge in [-0.2, -0.15) is 0 Å². The largest absolute Gasteiger partial charge is 0.444 e. The van der Waals surface area contributed by atoms with E-state index in [1.807, 2.05) is 25.7 Å². The summed E-state index contributed by atoms with van der Waals surface area (Å²) >= 11 is 0. The lowest BCUT2D eigenvalue weighted by molar-refractivity contribution is 0.0288. The van der Waals surface area contributed by atoms with Gasteiger partial charge < -0.3 is 15.0 Å². The molecule has 1 heterocycles. The van der Waals surface area contributed by atoms with Gasteiger partial charge in [0, 0.05) is 26.2 Å². The maximum Gasteiger partial charge on any atom is 0.410 e. The summed E-state index contributed by atoms with van der Waals surface area (Å²) in [4.78, 5) is 13.9. The standard InChI is InChI=1S/C19H30N2O2/c1-14-6-7-17(15(2)10-14)12-20-11-16-8-9-21(13-16)18(22)23-19(3,4)5/h6-7,10,16,20H,8-9,11-13H2,1-5H3. The molecule has 0 radical (unpaired) electrons. The van der Waals surface area contributed by atoms with Crippen molar-refractivity contribution in [2.24, 2.45) is 5.92 Å². The van der Waals surface area contributed by atoms with E-state index in [4.69, 9.17) is 4.74 Å². The van der Waals surface area contributed by atoms with E-state index in [1.165, 1.54) is 16.7 Å². The van der Waals surface area contributed by atoms with Gasteiger partial charge in [-0.3, -0.25) is 0 Å². The predicted molar refractivity (Wildman–Crippen MR) is 93.5 cm³/mol. The van der Waals surface area contributed by atoms with Gasteiger partial charge in [0.2, 0.25) is 0 Å². The molecule has 1 aliphatic rings. The summed E-state index contributed by atoms with van der Waals surface area (Å²) in [5.41, 5.74) is 3.56. The number of amides is 1. The Bertz CT molecular complexity index is 549. The molecule has 1 aromatic carbocycles. The quantitative estimate of drug-likeness (QED) is 0.921. The predicted octanol–water partition coefficient (Wildman–Crippen LogP) is 3.65. The zero-order chi connectivity index (χ0) is 17.0. The first-order valence-corrected chi connectivity index (χ1v) is 8.49. The number of nitrogens with zero attached hydrogens (tertiary/aromatic N) is 1. The highest BCUT2D eigenvalue weighted by molar-refractivity contribution is 5.68. The Morgan fingerprint density at radius 1 is 1.35 bits per heavy atom. The Balaban J connectivity index is 1.74. The second kappa shape index (κ2) is 7.35. The van der Waals surface area contributed by atoms with E-state index in [2.05, 4.69) is 37.4 Å². The third-order valence-electron chi connectivity index (χ3n) is 4.18. The number of nitrogens with one attached hydrogen (secondary N) is 1. The highest BCUT2D eigenvalue weighted by Crippen LogP contribution is 2.19. The molecule has 4 heteroatoms. The number of rotatable bonds is 4. The molecule has 0 aromatic heterocycles. The normalized spacial score (nSPS) is 18.3. The molecule has 0 saturated carbocycles. The van der Waals surface area contributed by atoms with Gasteiger partial charge in [-0.25, -0.2) is 4.79 Å². The van der Waals surface area contributed by atoms with E-state index in [9.17, 15) is 4.79 Å². The van der Waals surface area contributed by atoms with Gasteiger partial charge in [0.05, 0.1) is 0 Å². The van der Waals surface area contributed by atoms with E-state index in [0.29, 0.717) is 5.92 Å². The number of hydrogen-bond acceptors (Lipinski definition) is 3. The van der Waals surface area contributed by atoms with Gasteiger partial charge in [-0.1, -0.05) is 23.8 Å². The Kier molecular flexibility index (Phi) is 5.69. The Morgan fingerprint density at radius 3 is 2.74 bits per heavy atom. The van der Waals surface area contributed by atoms with Crippen molar-refractivity contribution in [3.8, 4) is 0 Å². The second-order valence-electron chi connectivity index (χ2n) is 7.64. The van der Waals surface area contributed by atoms with E-state index in [-0.39, 0.29) is 6.09 Å². The van der Waals surface area contributed by atoms with Crippen molar-refractivity contribution in [2.45, 2.75) is 53.2 Å². The number of carbonyl (C=O) groups excluding carboxylic acids is 1. The molecule has 0 spiro atoms. The Hall–Kier alpha value is -1.55. The highest BCUT2D eigenvalue weighted by atomic mass is 16.6. The van der Waals surface area contributed by atoms with Crippen LogP contribution >= 0.6 is 0 Å². The third kappa shape index (κ3) is 5.54. The van der Waals surface area contributed by atoms with E-state index >= 15 is 0 Å². The molecule has 1 amide bonds. The fourth-order valence-electron chi connectivity index (χ4n) is 2.95. The summed E-state index contributed by atoms with van der Waals surface area (Å²) in [5, 5.41) is 3.53. The van der Waals surface area contributed by atoms with Gasteiger partial charge in [0.1, 0.15) is 5.60 Å². The van der Waals surface area contributed by atoms with Crippen LogP contribution in [0.3, 0.4) is 0 Å². The lowest BCUT2D eigenvalue weighted by atomic mass is 10.1. The van der Waals surface area contributed by atoms with Crippen molar-refractivity contribution in [1.29, 1.82) is 0 Å². The zero-order valence-corrected chi connectivity index (χ0v) is 15.1. The Morgan fingerprint density at radius 2 is 2.09 bits per heavy atom. The second-order valence-corrected chi connectivity index (χ2v) is 7.64. The van der Waals surface area contributed by atoms with Gasteiger partial charge in [0.15, 0.2) is 0 Å². The van der Waals surface area contributed by atoms with E-state index in [1.54, 1.807) is 0 Å². The van der Waals surface area contributed by atoms with Crippen LogP contribution in [0.25, 0.3) is 0 Å². The van der Waals surface area contributed by atoms with Crippen LogP contribution in [0, 0.1) is 19.8 Å². The van der Waals surface area contributed by atoms with Crippen molar-refractivity contribution in [3.63, 3.8) is 0 Å². The number of likely N-dealkylation sites (tertiary alicyclic amines) is 1. The van der Waals surface area contributed by atoms with Crippen LogP contribution in [-0.2, 0) is 11.3 Å². The van der Waals surface area contributed by atoms with Crippen LogP contribution in [-0.4, -0.2) is 36.2 Å². The van der Waals surface area contributed by atoms with Crippen LogP contribution in [0.4, 0.5) is 4.79 Å². The first-order chi connectivity index (χ1) is 10.7. The fraction of sp³-hybridized carbons (Fsp3) is 0.632. The molecule has 23 heavy (non-hydrogen) atoms. The average molecular weight is 318 g/mol. The number of ether oxygens (including phenoxy) is 1. The summed E-state index contributed by atoms with van der Waals surface area (Å²) in [6.07, 6.45) is 0.855. The number of carbonyl (C=O) groups is 1. The maximum atomic E-state index is 12.1. The molecule has 1 unspecified atom stereocenters. The van der Waals surface area contributed by atoms with Crippen molar-refractivity contribution in [3.05, 3.63) is 34.9 Å². The van der Waals surface area contributed by atoms with E-state index < -0.39 is 5.60 Å². The monoisotopic (exact) mass is 318 g/mol. The van der Waals surface area contributed by atoms with Crippen molar-refractivity contribution < 1.29 is 9.53 Å². The molecule has 1 atom stereocenters.